The molecule has 0 bridgehead atoms. The Morgan fingerprint density at radius 3 is 2.69 bits per heavy atom. The lowest BCUT2D eigenvalue weighted by atomic mass is 9.84. The number of rotatable bonds is 5. The van der Waals surface area contributed by atoms with Crippen LogP contribution in [0.4, 0.5) is 4.39 Å². The van der Waals surface area contributed by atoms with Crippen molar-refractivity contribution in [1.29, 1.82) is 5.26 Å². The fourth-order valence-electron chi connectivity index (χ4n) is 1.65. The van der Waals surface area contributed by atoms with Gasteiger partial charge in [-0.05, 0) is 11.6 Å². The fraction of sp³-hybridized carbons (Fsp3) is 0.462. The summed E-state index contributed by atoms with van der Waals surface area (Å²) < 4.78 is 13.6. The van der Waals surface area contributed by atoms with Gasteiger partial charge in [0.25, 0.3) is 0 Å². The maximum Gasteiger partial charge on any atom is 0.126 e. The number of nitrogens with one attached hydrogen (secondary N) is 1. The Morgan fingerprint density at radius 1 is 1.38 bits per heavy atom. The number of hydrogen-bond acceptors (Lipinski definition) is 2. The Bertz CT molecular complexity index is 380. The van der Waals surface area contributed by atoms with Crippen LogP contribution in [0.5, 0.6) is 0 Å². The molecule has 0 unspecified atom stereocenters. The molecule has 0 saturated carbocycles. The van der Waals surface area contributed by atoms with Gasteiger partial charge in [-0.15, -0.1) is 0 Å². The van der Waals surface area contributed by atoms with Crippen molar-refractivity contribution in [2.24, 2.45) is 0 Å². The van der Waals surface area contributed by atoms with E-state index in [0.717, 1.165) is 0 Å². The summed E-state index contributed by atoms with van der Waals surface area (Å²) in [6.45, 7) is 5.29. The molecular formula is C13H17FN2. The zero-order valence-corrected chi connectivity index (χ0v) is 9.76. The third-order valence-electron chi connectivity index (χ3n) is 2.58. The SMILES string of the molecule is CC(C)(CNCCC#N)c1ccccc1F. The van der Waals surface area contributed by atoms with E-state index in [0.29, 0.717) is 25.1 Å². The van der Waals surface area contributed by atoms with E-state index in [4.69, 9.17) is 5.26 Å². The lowest BCUT2D eigenvalue weighted by Crippen LogP contribution is -2.34. The van der Waals surface area contributed by atoms with Crippen molar-refractivity contribution in [2.75, 3.05) is 13.1 Å². The summed E-state index contributed by atoms with van der Waals surface area (Å²) in [7, 11) is 0. The van der Waals surface area contributed by atoms with Gasteiger partial charge in [-0.3, -0.25) is 0 Å². The monoisotopic (exact) mass is 220 g/mol. The second-order valence-corrected chi connectivity index (χ2v) is 4.45. The smallest absolute Gasteiger partial charge is 0.126 e. The van der Waals surface area contributed by atoms with Crippen LogP contribution in [0.15, 0.2) is 24.3 Å². The van der Waals surface area contributed by atoms with Crippen LogP contribution in [0.25, 0.3) is 0 Å². The molecule has 0 aliphatic carbocycles. The van der Waals surface area contributed by atoms with Crippen LogP contribution in [0.2, 0.25) is 0 Å². The molecular weight excluding hydrogens is 203 g/mol. The van der Waals surface area contributed by atoms with Gasteiger partial charge in [-0.2, -0.15) is 5.26 Å². The zero-order chi connectivity index (χ0) is 12.0. The molecule has 0 spiro atoms. The summed E-state index contributed by atoms with van der Waals surface area (Å²) in [6.07, 6.45) is 0.480. The zero-order valence-electron chi connectivity index (χ0n) is 9.76. The molecule has 16 heavy (non-hydrogen) atoms. The summed E-state index contributed by atoms with van der Waals surface area (Å²) >= 11 is 0. The standard InChI is InChI=1S/C13H17FN2/c1-13(2,10-16-9-5-8-15)11-6-3-4-7-12(11)14/h3-4,6-7,16H,5,9-10H2,1-2H3. The van der Waals surface area contributed by atoms with Crippen LogP contribution >= 0.6 is 0 Å². The highest BCUT2D eigenvalue weighted by molar-refractivity contribution is 5.25. The molecule has 0 saturated heterocycles. The minimum absolute atomic E-state index is 0.172. The fourth-order valence-corrected chi connectivity index (χ4v) is 1.65. The Hall–Kier alpha value is -1.40. The van der Waals surface area contributed by atoms with Crippen LogP contribution in [0, 0.1) is 17.1 Å². The molecule has 0 amide bonds. The van der Waals surface area contributed by atoms with E-state index in [9.17, 15) is 4.39 Å². The van der Waals surface area contributed by atoms with Gasteiger partial charge < -0.3 is 5.32 Å². The van der Waals surface area contributed by atoms with Crippen LogP contribution in [-0.2, 0) is 5.41 Å². The van der Waals surface area contributed by atoms with E-state index in [2.05, 4.69) is 11.4 Å². The highest BCUT2D eigenvalue weighted by atomic mass is 19.1. The van der Waals surface area contributed by atoms with Crippen molar-refractivity contribution in [1.82, 2.24) is 5.32 Å². The first-order chi connectivity index (χ1) is 7.58. The summed E-state index contributed by atoms with van der Waals surface area (Å²) in [6, 6.07) is 8.89. The third-order valence-corrected chi connectivity index (χ3v) is 2.58. The van der Waals surface area contributed by atoms with Gasteiger partial charge in [0.2, 0.25) is 0 Å². The first-order valence-corrected chi connectivity index (χ1v) is 5.40. The molecule has 86 valence electrons. The Labute approximate surface area is 96.1 Å². The predicted molar refractivity (Wildman–Crippen MR) is 62.5 cm³/mol. The molecule has 2 nitrogen and oxygen atoms in total. The summed E-state index contributed by atoms with van der Waals surface area (Å²) in [5.74, 6) is -0.172. The molecule has 0 heterocycles. The average Bonchev–Trinajstić information content (AvgIpc) is 2.25. The Kier molecular flexibility index (Phi) is 4.45. The lowest BCUT2D eigenvalue weighted by Gasteiger charge is -2.26. The Balaban J connectivity index is 2.64. The topological polar surface area (TPSA) is 35.8 Å². The van der Waals surface area contributed by atoms with E-state index in [-0.39, 0.29) is 11.2 Å². The minimum atomic E-state index is -0.263. The van der Waals surface area contributed by atoms with Crippen molar-refractivity contribution in [3.05, 3.63) is 35.6 Å². The van der Waals surface area contributed by atoms with Crippen molar-refractivity contribution >= 4 is 0 Å². The second kappa shape index (κ2) is 5.62. The van der Waals surface area contributed by atoms with Gasteiger partial charge in [-0.1, -0.05) is 32.0 Å². The van der Waals surface area contributed by atoms with Crippen molar-refractivity contribution in [3.63, 3.8) is 0 Å². The summed E-state index contributed by atoms with van der Waals surface area (Å²) in [5.41, 5.74) is 0.445. The van der Waals surface area contributed by atoms with Gasteiger partial charge in [-0.25, -0.2) is 4.39 Å². The van der Waals surface area contributed by atoms with E-state index < -0.39 is 0 Å². The molecule has 0 aromatic heterocycles. The molecule has 1 rings (SSSR count). The molecule has 0 aliphatic rings. The number of nitriles is 1. The molecule has 0 fully saturated rings. The van der Waals surface area contributed by atoms with Gasteiger partial charge in [0.05, 0.1) is 6.07 Å². The number of benzene rings is 1. The van der Waals surface area contributed by atoms with Gasteiger partial charge in [0, 0.05) is 24.9 Å². The van der Waals surface area contributed by atoms with E-state index in [1.807, 2.05) is 19.9 Å². The molecule has 1 N–H and O–H groups in total. The number of hydrogen-bond donors (Lipinski definition) is 1. The molecule has 1 aromatic rings. The minimum Gasteiger partial charge on any atom is -0.315 e. The van der Waals surface area contributed by atoms with Gasteiger partial charge in [0.1, 0.15) is 5.82 Å². The molecule has 0 aliphatic heterocycles. The van der Waals surface area contributed by atoms with Crippen LogP contribution in [0.3, 0.4) is 0 Å². The quantitative estimate of drug-likeness (QED) is 0.774. The van der Waals surface area contributed by atoms with Crippen LogP contribution in [0.1, 0.15) is 25.8 Å². The summed E-state index contributed by atoms with van der Waals surface area (Å²) in [5, 5.41) is 11.6. The van der Waals surface area contributed by atoms with Crippen LogP contribution in [-0.4, -0.2) is 13.1 Å². The van der Waals surface area contributed by atoms with Crippen molar-refractivity contribution < 1.29 is 4.39 Å². The van der Waals surface area contributed by atoms with Crippen LogP contribution < -0.4 is 5.32 Å². The highest BCUT2D eigenvalue weighted by Gasteiger charge is 2.22. The maximum atomic E-state index is 13.6. The largest absolute Gasteiger partial charge is 0.315 e. The lowest BCUT2D eigenvalue weighted by molar-refractivity contribution is 0.447. The second-order valence-electron chi connectivity index (χ2n) is 4.45. The molecule has 0 atom stereocenters. The van der Waals surface area contributed by atoms with Gasteiger partial charge >= 0.3 is 0 Å². The molecule has 0 radical (unpaired) electrons. The first-order valence-electron chi connectivity index (χ1n) is 5.40. The third kappa shape index (κ3) is 3.32. The number of halogens is 1. The Morgan fingerprint density at radius 2 is 2.06 bits per heavy atom. The highest BCUT2D eigenvalue weighted by Crippen LogP contribution is 2.24. The molecule has 1 aromatic carbocycles. The maximum absolute atomic E-state index is 13.6. The normalized spacial score (nSPS) is 11.1. The first kappa shape index (κ1) is 12.7. The van der Waals surface area contributed by atoms with E-state index >= 15 is 0 Å². The molecule has 3 heteroatoms. The van der Waals surface area contributed by atoms with E-state index in [1.54, 1.807) is 12.1 Å². The van der Waals surface area contributed by atoms with E-state index in [1.165, 1.54) is 6.07 Å². The average molecular weight is 220 g/mol. The predicted octanol–water partition coefficient (Wildman–Crippen LogP) is 2.61. The van der Waals surface area contributed by atoms with Crippen molar-refractivity contribution in [3.8, 4) is 6.07 Å². The summed E-state index contributed by atoms with van der Waals surface area (Å²) in [4.78, 5) is 0. The van der Waals surface area contributed by atoms with Crippen molar-refractivity contribution in [2.45, 2.75) is 25.7 Å². The number of nitrogens with zero attached hydrogens (tertiary/aromatic N) is 1. The van der Waals surface area contributed by atoms with Gasteiger partial charge in [0.15, 0.2) is 0 Å².